The van der Waals surface area contributed by atoms with Crippen LogP contribution in [0.2, 0.25) is 0 Å². The number of hydrogen-bond acceptors (Lipinski definition) is 5. The highest BCUT2D eigenvalue weighted by atomic mass is 32.1. The monoisotopic (exact) mass is 432 g/mol. The Bertz CT molecular complexity index is 1200. The lowest BCUT2D eigenvalue weighted by Crippen LogP contribution is -2.34. The summed E-state index contributed by atoms with van der Waals surface area (Å²) in [6, 6.07) is 21.3. The van der Waals surface area contributed by atoms with Gasteiger partial charge in [0.25, 0.3) is 5.91 Å². The summed E-state index contributed by atoms with van der Waals surface area (Å²) in [6.45, 7) is 4.48. The minimum Gasteiger partial charge on any atom is -0.497 e. The van der Waals surface area contributed by atoms with Crippen molar-refractivity contribution in [3.05, 3.63) is 83.4 Å². The molecule has 0 saturated heterocycles. The minimum absolute atomic E-state index is 0.0893. The normalized spacial score (nSPS) is 10.8. The third-order valence-electron chi connectivity index (χ3n) is 5.19. The molecule has 4 aromatic rings. The molecule has 1 heterocycles. The fraction of sp³-hybridized carbons (Fsp3) is 0.200. The van der Waals surface area contributed by atoms with Crippen molar-refractivity contribution in [2.45, 2.75) is 20.4 Å². The van der Waals surface area contributed by atoms with E-state index in [9.17, 15) is 4.79 Å². The Labute approximate surface area is 185 Å². The van der Waals surface area contributed by atoms with Crippen LogP contribution in [0.15, 0.2) is 66.7 Å². The second-order valence-corrected chi connectivity index (χ2v) is 8.29. The molecule has 1 amide bonds. The van der Waals surface area contributed by atoms with Crippen molar-refractivity contribution in [1.82, 2.24) is 4.98 Å². The summed E-state index contributed by atoms with van der Waals surface area (Å²) in [5, 5.41) is 0.673. The molecule has 6 heteroatoms. The number of thiazole rings is 1. The molecule has 4 rings (SSSR count). The summed E-state index contributed by atoms with van der Waals surface area (Å²) in [6.07, 6.45) is 0. The van der Waals surface area contributed by atoms with Gasteiger partial charge in [-0.2, -0.15) is 0 Å². The van der Waals surface area contributed by atoms with Crippen molar-refractivity contribution in [2.75, 3.05) is 18.6 Å². The molecule has 158 valence electrons. The number of ether oxygens (including phenoxy) is 2. The van der Waals surface area contributed by atoms with Gasteiger partial charge in [-0.15, -0.1) is 0 Å². The second-order valence-electron chi connectivity index (χ2n) is 7.28. The highest BCUT2D eigenvalue weighted by Gasteiger charge is 2.21. The first kappa shape index (κ1) is 20.9. The molecule has 0 saturated carbocycles. The zero-order valence-corrected chi connectivity index (χ0v) is 18.6. The number of hydrogen-bond donors (Lipinski definition) is 0. The van der Waals surface area contributed by atoms with E-state index >= 15 is 0 Å². The van der Waals surface area contributed by atoms with Gasteiger partial charge in [0.05, 0.1) is 23.9 Å². The smallest absolute Gasteiger partial charge is 0.267 e. The van der Waals surface area contributed by atoms with E-state index in [1.165, 1.54) is 16.9 Å². The summed E-state index contributed by atoms with van der Waals surface area (Å²) < 4.78 is 12.1. The molecule has 0 fully saturated rings. The maximum atomic E-state index is 13.2. The number of anilines is 1. The van der Waals surface area contributed by atoms with Gasteiger partial charge < -0.3 is 9.47 Å². The number of fused-ring (bicyclic) bond motifs is 1. The Hall–Kier alpha value is -3.38. The molecule has 0 spiro atoms. The number of aryl methyl sites for hydroxylation is 2. The predicted molar refractivity (Wildman–Crippen MR) is 125 cm³/mol. The van der Waals surface area contributed by atoms with E-state index in [-0.39, 0.29) is 12.5 Å². The van der Waals surface area contributed by atoms with Gasteiger partial charge in [0.2, 0.25) is 0 Å². The number of aromatic nitrogens is 1. The fourth-order valence-corrected chi connectivity index (χ4v) is 4.31. The van der Waals surface area contributed by atoms with Crippen molar-refractivity contribution in [1.29, 1.82) is 0 Å². The van der Waals surface area contributed by atoms with Crippen molar-refractivity contribution in [2.24, 2.45) is 0 Å². The van der Waals surface area contributed by atoms with Crippen LogP contribution in [0, 0.1) is 13.8 Å². The van der Waals surface area contributed by atoms with Crippen LogP contribution < -0.4 is 14.4 Å². The lowest BCUT2D eigenvalue weighted by atomic mass is 10.1. The van der Waals surface area contributed by atoms with E-state index < -0.39 is 0 Å². The molecule has 0 bridgehead atoms. The number of carbonyl (C=O) groups excluding carboxylic acids is 1. The number of carbonyl (C=O) groups is 1. The number of amides is 1. The van der Waals surface area contributed by atoms with Gasteiger partial charge in [-0.1, -0.05) is 53.8 Å². The quantitative estimate of drug-likeness (QED) is 0.385. The molecule has 0 unspecified atom stereocenters. The molecule has 0 atom stereocenters. The summed E-state index contributed by atoms with van der Waals surface area (Å²) in [7, 11) is 1.60. The summed E-state index contributed by atoms with van der Waals surface area (Å²) in [4.78, 5) is 19.8. The minimum atomic E-state index is -0.153. The van der Waals surface area contributed by atoms with Crippen LogP contribution in [0.3, 0.4) is 0 Å². The number of nitrogens with zero attached hydrogens (tertiary/aromatic N) is 2. The van der Waals surface area contributed by atoms with Crippen LogP contribution in [0.1, 0.15) is 16.7 Å². The fourth-order valence-electron chi connectivity index (χ4n) is 3.27. The lowest BCUT2D eigenvalue weighted by molar-refractivity contribution is -0.120. The van der Waals surface area contributed by atoms with E-state index in [1.54, 1.807) is 24.1 Å². The second kappa shape index (κ2) is 9.18. The first-order chi connectivity index (χ1) is 15.0. The van der Waals surface area contributed by atoms with Gasteiger partial charge in [0.15, 0.2) is 11.7 Å². The van der Waals surface area contributed by atoms with Crippen LogP contribution in [0.4, 0.5) is 5.13 Å². The van der Waals surface area contributed by atoms with Crippen molar-refractivity contribution >= 4 is 32.6 Å². The molecule has 31 heavy (non-hydrogen) atoms. The molecule has 0 N–H and O–H groups in total. The molecule has 5 nitrogen and oxygen atoms in total. The van der Waals surface area contributed by atoms with Crippen molar-refractivity contribution in [3.63, 3.8) is 0 Å². The van der Waals surface area contributed by atoms with Gasteiger partial charge in [-0.25, -0.2) is 4.98 Å². The summed E-state index contributed by atoms with van der Waals surface area (Å²) in [5.74, 6) is 1.12. The Kier molecular flexibility index (Phi) is 6.18. The molecule has 3 aromatic carbocycles. The average Bonchev–Trinajstić information content (AvgIpc) is 3.24. The molecule has 0 aliphatic carbocycles. The molecule has 0 radical (unpaired) electrons. The summed E-state index contributed by atoms with van der Waals surface area (Å²) in [5.41, 5.74) is 4.30. The van der Waals surface area contributed by atoms with E-state index in [1.807, 2.05) is 42.5 Å². The molecule has 0 aliphatic heterocycles. The number of benzene rings is 3. The van der Waals surface area contributed by atoms with Crippen LogP contribution in [0.25, 0.3) is 10.2 Å². The largest absolute Gasteiger partial charge is 0.497 e. The van der Waals surface area contributed by atoms with Crippen molar-refractivity contribution < 1.29 is 14.3 Å². The van der Waals surface area contributed by atoms with E-state index in [0.29, 0.717) is 23.2 Å². The first-order valence-electron chi connectivity index (χ1n) is 10.0. The number of methoxy groups -OCH3 is 1. The zero-order valence-electron chi connectivity index (χ0n) is 17.8. The van der Waals surface area contributed by atoms with Gasteiger partial charge in [-0.05, 0) is 48.7 Å². The lowest BCUT2D eigenvalue weighted by Gasteiger charge is -2.20. The zero-order chi connectivity index (χ0) is 21.8. The molecular weight excluding hydrogens is 408 g/mol. The Morgan fingerprint density at radius 3 is 2.55 bits per heavy atom. The van der Waals surface area contributed by atoms with E-state index in [0.717, 1.165) is 21.3 Å². The molecule has 1 aromatic heterocycles. The van der Waals surface area contributed by atoms with Gasteiger partial charge in [-0.3, -0.25) is 9.69 Å². The Balaban J connectivity index is 1.62. The van der Waals surface area contributed by atoms with Crippen LogP contribution in [-0.4, -0.2) is 24.6 Å². The Morgan fingerprint density at radius 1 is 1.00 bits per heavy atom. The van der Waals surface area contributed by atoms with Gasteiger partial charge in [0.1, 0.15) is 11.5 Å². The van der Waals surface area contributed by atoms with Crippen molar-refractivity contribution in [3.8, 4) is 11.5 Å². The van der Waals surface area contributed by atoms with Crippen LogP contribution >= 0.6 is 11.3 Å². The van der Waals surface area contributed by atoms with Crippen LogP contribution in [-0.2, 0) is 11.3 Å². The topological polar surface area (TPSA) is 51.7 Å². The maximum absolute atomic E-state index is 13.2. The van der Waals surface area contributed by atoms with Gasteiger partial charge >= 0.3 is 0 Å². The predicted octanol–water partition coefficient (Wildman–Crippen LogP) is 5.53. The number of rotatable bonds is 7. The van der Waals surface area contributed by atoms with Gasteiger partial charge in [0, 0.05) is 6.07 Å². The standard InChI is InChI=1S/C25H24N2O3S/c1-17-12-13-22-24(18(17)2)26-25(31-22)27(15-19-8-5-4-6-9-19)23(28)16-30-21-11-7-10-20(14-21)29-3/h4-14H,15-16H2,1-3H3. The van der Waals surface area contributed by atoms with Crippen LogP contribution in [0.5, 0.6) is 11.5 Å². The van der Waals surface area contributed by atoms with E-state index in [4.69, 9.17) is 14.5 Å². The summed E-state index contributed by atoms with van der Waals surface area (Å²) >= 11 is 1.52. The third kappa shape index (κ3) is 4.70. The first-order valence-corrected chi connectivity index (χ1v) is 10.8. The molecular formula is C25H24N2O3S. The highest BCUT2D eigenvalue weighted by Crippen LogP contribution is 2.33. The SMILES string of the molecule is COc1cccc(OCC(=O)N(Cc2ccccc2)c2nc3c(C)c(C)ccc3s2)c1. The highest BCUT2D eigenvalue weighted by molar-refractivity contribution is 7.22. The maximum Gasteiger partial charge on any atom is 0.267 e. The van der Waals surface area contributed by atoms with E-state index in [2.05, 4.69) is 26.0 Å². The Morgan fingerprint density at radius 2 is 1.77 bits per heavy atom. The third-order valence-corrected chi connectivity index (χ3v) is 6.24. The average molecular weight is 433 g/mol. The molecule has 0 aliphatic rings.